The predicted molar refractivity (Wildman–Crippen MR) is 98.5 cm³/mol. The summed E-state index contributed by atoms with van der Waals surface area (Å²) in [6.45, 7) is -0.376. The Kier molecular flexibility index (Phi) is 6.93. The van der Waals surface area contributed by atoms with Crippen molar-refractivity contribution in [1.29, 1.82) is 5.26 Å². The number of carbonyl (C=O) groups excluding carboxylic acids is 2. The Morgan fingerprint density at radius 2 is 1.88 bits per heavy atom. The molecule has 0 radical (unpaired) electrons. The highest BCUT2D eigenvalue weighted by atomic mass is 79.9. The van der Waals surface area contributed by atoms with Crippen molar-refractivity contribution in [1.82, 2.24) is 0 Å². The van der Waals surface area contributed by atoms with Crippen LogP contribution in [0.25, 0.3) is 6.08 Å². The third-order valence-corrected chi connectivity index (χ3v) is 3.89. The van der Waals surface area contributed by atoms with Crippen LogP contribution in [0.3, 0.4) is 0 Å². The van der Waals surface area contributed by atoms with E-state index in [1.54, 1.807) is 30.3 Å². The number of halogens is 1. The number of anilines is 1. The lowest BCUT2D eigenvalue weighted by Gasteiger charge is -2.06. The van der Waals surface area contributed by atoms with Crippen molar-refractivity contribution in [2.24, 2.45) is 0 Å². The molecule has 25 heavy (non-hydrogen) atoms. The van der Waals surface area contributed by atoms with Gasteiger partial charge in [0, 0.05) is 16.2 Å². The molecule has 0 fully saturated rings. The summed E-state index contributed by atoms with van der Waals surface area (Å²) in [6, 6.07) is 16.4. The predicted octanol–water partition coefficient (Wildman–Crippen LogP) is 3.71. The average Bonchev–Trinajstić information content (AvgIpc) is 2.61. The van der Waals surface area contributed by atoms with Crippen molar-refractivity contribution in [3.8, 4) is 6.07 Å². The molecule has 0 aliphatic heterocycles. The molecule has 1 N–H and O–H groups in total. The number of benzene rings is 2. The van der Waals surface area contributed by atoms with Gasteiger partial charge in [-0.1, -0.05) is 46.3 Å². The Balaban J connectivity index is 1.80. The molecular formula is C19H15BrN2O3. The summed E-state index contributed by atoms with van der Waals surface area (Å²) in [4.78, 5) is 23.4. The monoisotopic (exact) mass is 398 g/mol. The highest BCUT2D eigenvalue weighted by Crippen LogP contribution is 2.17. The zero-order valence-corrected chi connectivity index (χ0v) is 14.8. The lowest BCUT2D eigenvalue weighted by atomic mass is 10.1. The number of hydrogen-bond donors (Lipinski definition) is 1. The Hall–Kier alpha value is -2.91. The van der Waals surface area contributed by atoms with E-state index in [0.29, 0.717) is 12.1 Å². The number of nitriles is 1. The number of amides is 1. The molecule has 0 aliphatic rings. The molecule has 0 bridgehead atoms. The normalized spacial score (nSPS) is 10.2. The Morgan fingerprint density at radius 1 is 1.16 bits per heavy atom. The Labute approximate surface area is 154 Å². The molecule has 6 heteroatoms. The van der Waals surface area contributed by atoms with Crippen molar-refractivity contribution in [2.75, 3.05) is 11.9 Å². The van der Waals surface area contributed by atoms with Gasteiger partial charge in [-0.3, -0.25) is 4.79 Å². The van der Waals surface area contributed by atoms with E-state index >= 15 is 0 Å². The van der Waals surface area contributed by atoms with Crippen LogP contribution in [0.15, 0.2) is 59.1 Å². The van der Waals surface area contributed by atoms with Crippen molar-refractivity contribution in [2.45, 2.75) is 6.42 Å². The van der Waals surface area contributed by atoms with Crippen molar-refractivity contribution in [3.63, 3.8) is 0 Å². The summed E-state index contributed by atoms with van der Waals surface area (Å²) < 4.78 is 5.76. The lowest BCUT2D eigenvalue weighted by Crippen LogP contribution is -2.20. The van der Waals surface area contributed by atoms with Gasteiger partial charge in [-0.05, 0) is 35.4 Å². The second-order valence-corrected chi connectivity index (χ2v) is 5.90. The maximum absolute atomic E-state index is 11.8. The summed E-state index contributed by atoms with van der Waals surface area (Å²) in [5.41, 5.74) is 2.27. The molecule has 2 aromatic carbocycles. The third-order valence-electron chi connectivity index (χ3n) is 3.17. The van der Waals surface area contributed by atoms with Gasteiger partial charge in [0.15, 0.2) is 6.61 Å². The number of rotatable bonds is 6. The van der Waals surface area contributed by atoms with Crippen LogP contribution < -0.4 is 5.32 Å². The van der Waals surface area contributed by atoms with E-state index in [9.17, 15) is 9.59 Å². The molecule has 0 atom stereocenters. The van der Waals surface area contributed by atoms with E-state index in [2.05, 4.69) is 21.2 Å². The molecule has 0 aliphatic carbocycles. The van der Waals surface area contributed by atoms with Gasteiger partial charge in [0.25, 0.3) is 5.91 Å². The fourth-order valence-electron chi connectivity index (χ4n) is 1.95. The zero-order valence-electron chi connectivity index (χ0n) is 13.2. The van der Waals surface area contributed by atoms with Gasteiger partial charge in [-0.2, -0.15) is 5.26 Å². The fraction of sp³-hybridized carbons (Fsp3) is 0.105. The molecule has 2 aromatic rings. The first-order valence-corrected chi connectivity index (χ1v) is 8.23. The van der Waals surface area contributed by atoms with Gasteiger partial charge in [-0.25, -0.2) is 4.79 Å². The highest BCUT2D eigenvalue weighted by Gasteiger charge is 2.06. The van der Waals surface area contributed by atoms with E-state index in [1.165, 1.54) is 6.08 Å². The number of carbonyl (C=O) groups is 2. The maximum Gasteiger partial charge on any atom is 0.331 e. The number of hydrogen-bond acceptors (Lipinski definition) is 4. The third kappa shape index (κ3) is 6.24. The minimum absolute atomic E-state index is 0.315. The van der Waals surface area contributed by atoms with Crippen LogP contribution in [-0.2, 0) is 20.7 Å². The summed E-state index contributed by atoms with van der Waals surface area (Å²) in [5.74, 6) is -1.04. The molecule has 5 nitrogen and oxygen atoms in total. The van der Waals surface area contributed by atoms with Crippen molar-refractivity contribution < 1.29 is 14.3 Å². The molecule has 0 heterocycles. The van der Waals surface area contributed by atoms with Gasteiger partial charge in [0.2, 0.25) is 0 Å². The molecule has 1 amide bonds. The number of nitrogens with one attached hydrogen (secondary N) is 1. The first-order chi connectivity index (χ1) is 12.1. The van der Waals surface area contributed by atoms with Crippen LogP contribution in [0.2, 0.25) is 0 Å². The fourth-order valence-corrected chi connectivity index (χ4v) is 2.36. The molecule has 0 saturated carbocycles. The van der Waals surface area contributed by atoms with Gasteiger partial charge in [-0.15, -0.1) is 0 Å². The first kappa shape index (κ1) is 18.4. The van der Waals surface area contributed by atoms with Crippen LogP contribution in [0, 0.1) is 11.3 Å². The topological polar surface area (TPSA) is 79.2 Å². The molecule has 0 saturated heterocycles. The second kappa shape index (κ2) is 9.40. The smallest absolute Gasteiger partial charge is 0.331 e. The standard InChI is InChI=1S/C19H15BrN2O3/c20-17-4-2-1-3-15(17)7-10-19(24)25-13-18(23)22-16-8-5-14(6-9-16)11-12-21/h1-10H,11,13H2,(H,22,23)/b10-7+. The van der Waals surface area contributed by atoms with Crippen LogP contribution in [0.5, 0.6) is 0 Å². The Morgan fingerprint density at radius 3 is 2.56 bits per heavy atom. The maximum atomic E-state index is 11.8. The lowest BCUT2D eigenvalue weighted by molar-refractivity contribution is -0.142. The number of esters is 1. The highest BCUT2D eigenvalue weighted by molar-refractivity contribution is 9.10. The quantitative estimate of drug-likeness (QED) is 0.593. The van der Waals surface area contributed by atoms with Gasteiger partial charge < -0.3 is 10.1 Å². The average molecular weight is 399 g/mol. The minimum Gasteiger partial charge on any atom is -0.452 e. The summed E-state index contributed by atoms with van der Waals surface area (Å²) in [6.07, 6.45) is 3.19. The summed E-state index contributed by atoms with van der Waals surface area (Å²) in [5, 5.41) is 11.2. The van der Waals surface area contributed by atoms with E-state index in [0.717, 1.165) is 15.6 Å². The van der Waals surface area contributed by atoms with Crippen LogP contribution >= 0.6 is 15.9 Å². The summed E-state index contributed by atoms with van der Waals surface area (Å²) >= 11 is 3.38. The summed E-state index contributed by atoms with van der Waals surface area (Å²) in [7, 11) is 0. The largest absolute Gasteiger partial charge is 0.452 e. The van der Waals surface area contributed by atoms with Gasteiger partial charge in [0.1, 0.15) is 0 Å². The van der Waals surface area contributed by atoms with Crippen LogP contribution in [0.1, 0.15) is 11.1 Å². The molecule has 2 rings (SSSR count). The van der Waals surface area contributed by atoms with Crippen LogP contribution in [-0.4, -0.2) is 18.5 Å². The number of ether oxygens (including phenoxy) is 1. The molecule has 0 spiro atoms. The van der Waals surface area contributed by atoms with Crippen molar-refractivity contribution in [3.05, 3.63) is 70.2 Å². The molecule has 0 aromatic heterocycles. The van der Waals surface area contributed by atoms with Crippen LogP contribution in [0.4, 0.5) is 5.69 Å². The minimum atomic E-state index is -0.602. The van der Waals surface area contributed by atoms with Crippen molar-refractivity contribution >= 4 is 39.6 Å². The Bertz CT molecular complexity index is 823. The van der Waals surface area contributed by atoms with Gasteiger partial charge in [0.05, 0.1) is 12.5 Å². The van der Waals surface area contributed by atoms with E-state index in [4.69, 9.17) is 10.00 Å². The second-order valence-electron chi connectivity index (χ2n) is 5.04. The first-order valence-electron chi connectivity index (χ1n) is 7.43. The van der Waals surface area contributed by atoms with Gasteiger partial charge >= 0.3 is 5.97 Å². The zero-order chi connectivity index (χ0) is 18.1. The van der Waals surface area contributed by atoms with E-state index in [1.807, 2.05) is 30.3 Å². The molecule has 126 valence electrons. The SMILES string of the molecule is N#CCc1ccc(NC(=O)COC(=O)/C=C/c2ccccc2Br)cc1. The molecular weight excluding hydrogens is 384 g/mol. The number of nitrogens with zero attached hydrogens (tertiary/aromatic N) is 1. The molecule has 0 unspecified atom stereocenters. The van der Waals surface area contributed by atoms with E-state index in [-0.39, 0.29) is 6.61 Å². The van der Waals surface area contributed by atoms with E-state index < -0.39 is 11.9 Å².